The van der Waals surface area contributed by atoms with Crippen LogP contribution in [0.1, 0.15) is 18.1 Å². The second-order valence-electron chi connectivity index (χ2n) is 7.02. The molecule has 25 heavy (non-hydrogen) atoms. The van der Waals surface area contributed by atoms with Gasteiger partial charge in [-0.25, -0.2) is 0 Å². The molecule has 0 aromatic heterocycles. The fourth-order valence-corrected chi connectivity index (χ4v) is 3.41. The SMILES string of the molecule is Cc1ccccc1CC(=O)N1CCN(C(=O)C(C)C2CNC2)CC1.Cl. The van der Waals surface area contributed by atoms with Crippen LogP contribution >= 0.6 is 12.4 Å². The number of nitrogens with one attached hydrogen (secondary N) is 1. The third kappa shape index (κ3) is 4.53. The zero-order valence-corrected chi connectivity index (χ0v) is 15.8. The number of amides is 2. The zero-order valence-electron chi connectivity index (χ0n) is 15.0. The number of hydrogen-bond acceptors (Lipinski definition) is 3. The summed E-state index contributed by atoms with van der Waals surface area (Å²) in [5.74, 6) is 0.957. The van der Waals surface area contributed by atoms with Gasteiger partial charge in [0.15, 0.2) is 0 Å². The van der Waals surface area contributed by atoms with Crippen LogP contribution in [0.25, 0.3) is 0 Å². The predicted octanol–water partition coefficient (Wildman–Crippen LogP) is 1.49. The van der Waals surface area contributed by atoms with E-state index >= 15 is 0 Å². The molecule has 2 fully saturated rings. The molecule has 1 aromatic rings. The molecule has 2 heterocycles. The van der Waals surface area contributed by atoms with Gasteiger partial charge in [-0.05, 0) is 37.1 Å². The molecule has 5 nitrogen and oxygen atoms in total. The molecule has 1 N–H and O–H groups in total. The van der Waals surface area contributed by atoms with Crippen LogP contribution < -0.4 is 5.32 Å². The van der Waals surface area contributed by atoms with Crippen molar-refractivity contribution in [2.45, 2.75) is 20.3 Å². The molecule has 0 saturated carbocycles. The van der Waals surface area contributed by atoms with E-state index in [-0.39, 0.29) is 30.1 Å². The molecule has 2 aliphatic rings. The molecule has 0 spiro atoms. The van der Waals surface area contributed by atoms with Crippen molar-refractivity contribution < 1.29 is 9.59 Å². The van der Waals surface area contributed by atoms with Crippen molar-refractivity contribution in [2.24, 2.45) is 11.8 Å². The molecule has 2 aliphatic heterocycles. The summed E-state index contributed by atoms with van der Waals surface area (Å²) < 4.78 is 0. The number of carbonyl (C=O) groups is 2. The van der Waals surface area contributed by atoms with Gasteiger partial charge < -0.3 is 15.1 Å². The first-order chi connectivity index (χ1) is 11.6. The average molecular weight is 366 g/mol. The highest BCUT2D eigenvalue weighted by Gasteiger charge is 2.33. The van der Waals surface area contributed by atoms with Crippen molar-refractivity contribution in [3.63, 3.8) is 0 Å². The number of piperazine rings is 1. The van der Waals surface area contributed by atoms with Gasteiger partial charge in [0.05, 0.1) is 6.42 Å². The second kappa shape index (κ2) is 8.68. The Labute approximate surface area is 156 Å². The Balaban J connectivity index is 0.00000225. The Kier molecular flexibility index (Phi) is 6.85. The molecule has 1 atom stereocenters. The number of hydrogen-bond donors (Lipinski definition) is 1. The number of rotatable bonds is 4. The van der Waals surface area contributed by atoms with Gasteiger partial charge >= 0.3 is 0 Å². The highest BCUT2D eigenvalue weighted by atomic mass is 35.5. The number of benzene rings is 1. The average Bonchev–Trinajstić information content (AvgIpc) is 2.54. The largest absolute Gasteiger partial charge is 0.339 e. The summed E-state index contributed by atoms with van der Waals surface area (Å²) in [6, 6.07) is 8.02. The van der Waals surface area contributed by atoms with Crippen LogP contribution in [0.2, 0.25) is 0 Å². The van der Waals surface area contributed by atoms with Gasteiger partial charge in [0.25, 0.3) is 0 Å². The summed E-state index contributed by atoms with van der Waals surface area (Å²) in [4.78, 5) is 28.9. The number of aryl methyl sites for hydroxylation is 1. The van der Waals surface area contributed by atoms with Crippen LogP contribution in [0.15, 0.2) is 24.3 Å². The Morgan fingerprint density at radius 1 is 1.12 bits per heavy atom. The van der Waals surface area contributed by atoms with Crippen LogP contribution in [0.5, 0.6) is 0 Å². The van der Waals surface area contributed by atoms with Crippen molar-refractivity contribution in [1.29, 1.82) is 0 Å². The first-order valence-electron chi connectivity index (χ1n) is 8.88. The van der Waals surface area contributed by atoms with Crippen molar-refractivity contribution in [2.75, 3.05) is 39.3 Å². The standard InChI is InChI=1S/C19H27N3O2.ClH/c1-14-5-3-4-6-16(14)11-18(23)21-7-9-22(10-8-21)19(24)15(2)17-12-20-13-17;/h3-6,15,17,20H,7-13H2,1-2H3;1H. The quantitative estimate of drug-likeness (QED) is 0.879. The maximum absolute atomic E-state index is 12.5. The Bertz CT molecular complexity index is 610. The predicted molar refractivity (Wildman–Crippen MR) is 101 cm³/mol. The Morgan fingerprint density at radius 2 is 1.72 bits per heavy atom. The maximum Gasteiger partial charge on any atom is 0.227 e. The highest BCUT2D eigenvalue weighted by Crippen LogP contribution is 2.19. The summed E-state index contributed by atoms with van der Waals surface area (Å²) in [5.41, 5.74) is 2.25. The fourth-order valence-electron chi connectivity index (χ4n) is 3.41. The van der Waals surface area contributed by atoms with Gasteiger partial charge in [0, 0.05) is 32.1 Å². The van der Waals surface area contributed by atoms with E-state index in [0.29, 0.717) is 38.5 Å². The van der Waals surface area contributed by atoms with Crippen LogP contribution in [-0.2, 0) is 16.0 Å². The van der Waals surface area contributed by atoms with Crippen LogP contribution in [-0.4, -0.2) is 60.9 Å². The number of halogens is 1. The third-order valence-corrected chi connectivity index (χ3v) is 5.46. The van der Waals surface area contributed by atoms with Gasteiger partial charge in [-0.15, -0.1) is 12.4 Å². The van der Waals surface area contributed by atoms with Crippen molar-refractivity contribution in [1.82, 2.24) is 15.1 Å². The van der Waals surface area contributed by atoms with E-state index in [1.54, 1.807) is 0 Å². The maximum atomic E-state index is 12.5. The van der Waals surface area contributed by atoms with Crippen molar-refractivity contribution in [3.05, 3.63) is 35.4 Å². The van der Waals surface area contributed by atoms with Gasteiger partial charge in [-0.1, -0.05) is 31.2 Å². The molecule has 0 bridgehead atoms. The third-order valence-electron chi connectivity index (χ3n) is 5.46. The minimum atomic E-state index is 0. The summed E-state index contributed by atoms with van der Waals surface area (Å²) in [5, 5.41) is 3.23. The van der Waals surface area contributed by atoms with Crippen molar-refractivity contribution >= 4 is 24.2 Å². The fraction of sp³-hybridized carbons (Fsp3) is 0.579. The molecule has 2 amide bonds. The van der Waals surface area contributed by atoms with E-state index < -0.39 is 0 Å². The smallest absolute Gasteiger partial charge is 0.227 e. The molecule has 3 rings (SSSR count). The number of carbonyl (C=O) groups excluding carboxylic acids is 2. The Hall–Kier alpha value is -1.59. The summed E-state index contributed by atoms with van der Waals surface area (Å²) in [6.45, 7) is 8.56. The molecular weight excluding hydrogens is 338 g/mol. The first-order valence-corrected chi connectivity index (χ1v) is 8.88. The van der Waals surface area contributed by atoms with E-state index in [0.717, 1.165) is 24.2 Å². The lowest BCUT2D eigenvalue weighted by Crippen LogP contribution is -2.55. The molecular formula is C19H28ClN3O2. The summed E-state index contributed by atoms with van der Waals surface area (Å²) in [7, 11) is 0. The van der Waals surface area contributed by atoms with E-state index in [1.807, 2.05) is 47.9 Å². The monoisotopic (exact) mass is 365 g/mol. The minimum absolute atomic E-state index is 0. The molecule has 2 saturated heterocycles. The molecule has 1 aromatic carbocycles. The molecule has 138 valence electrons. The summed E-state index contributed by atoms with van der Waals surface area (Å²) >= 11 is 0. The van der Waals surface area contributed by atoms with Crippen LogP contribution in [0, 0.1) is 18.8 Å². The van der Waals surface area contributed by atoms with Gasteiger partial charge in [0.2, 0.25) is 11.8 Å². The minimum Gasteiger partial charge on any atom is -0.339 e. The van der Waals surface area contributed by atoms with E-state index in [4.69, 9.17) is 0 Å². The molecule has 6 heteroatoms. The lowest BCUT2D eigenvalue weighted by Gasteiger charge is -2.39. The lowest BCUT2D eigenvalue weighted by molar-refractivity contribution is -0.143. The molecule has 0 radical (unpaired) electrons. The van der Waals surface area contributed by atoms with Gasteiger partial charge in [-0.2, -0.15) is 0 Å². The molecule has 0 aliphatic carbocycles. The van der Waals surface area contributed by atoms with E-state index in [2.05, 4.69) is 5.32 Å². The van der Waals surface area contributed by atoms with E-state index in [9.17, 15) is 9.59 Å². The molecule has 1 unspecified atom stereocenters. The summed E-state index contributed by atoms with van der Waals surface area (Å²) in [6.07, 6.45) is 0.449. The highest BCUT2D eigenvalue weighted by molar-refractivity contribution is 5.85. The Morgan fingerprint density at radius 3 is 2.28 bits per heavy atom. The lowest BCUT2D eigenvalue weighted by atomic mass is 9.88. The van der Waals surface area contributed by atoms with Crippen LogP contribution in [0.3, 0.4) is 0 Å². The van der Waals surface area contributed by atoms with E-state index in [1.165, 1.54) is 0 Å². The zero-order chi connectivity index (χ0) is 17.1. The second-order valence-corrected chi connectivity index (χ2v) is 7.02. The number of nitrogens with zero attached hydrogens (tertiary/aromatic N) is 2. The van der Waals surface area contributed by atoms with Gasteiger partial charge in [0.1, 0.15) is 0 Å². The topological polar surface area (TPSA) is 52.7 Å². The van der Waals surface area contributed by atoms with Crippen molar-refractivity contribution in [3.8, 4) is 0 Å². The normalized spacial score (nSPS) is 19.0. The van der Waals surface area contributed by atoms with Gasteiger partial charge in [-0.3, -0.25) is 9.59 Å². The van der Waals surface area contributed by atoms with Crippen LogP contribution in [0.4, 0.5) is 0 Å². The first kappa shape index (κ1) is 19.7.